The summed E-state index contributed by atoms with van der Waals surface area (Å²) >= 11 is 0. The van der Waals surface area contributed by atoms with E-state index in [1.807, 2.05) is 0 Å². The Morgan fingerprint density at radius 2 is 2.26 bits per heavy atom. The van der Waals surface area contributed by atoms with Crippen molar-refractivity contribution in [3.8, 4) is 0 Å². The van der Waals surface area contributed by atoms with Gasteiger partial charge in [0.2, 0.25) is 5.91 Å². The summed E-state index contributed by atoms with van der Waals surface area (Å²) in [5, 5.41) is 3.48. The Balaban J connectivity index is 1.50. The smallest absolute Gasteiger partial charge is 0.236 e. The second-order valence-corrected chi connectivity index (χ2v) is 6.97. The number of likely N-dealkylation sites (tertiary alicyclic amines) is 2. The van der Waals surface area contributed by atoms with Crippen LogP contribution in [0.4, 0.5) is 0 Å². The predicted octanol–water partition coefficient (Wildman–Crippen LogP) is 0.930. The maximum Gasteiger partial charge on any atom is 0.236 e. The summed E-state index contributed by atoms with van der Waals surface area (Å²) in [5.74, 6) is 1.04. The van der Waals surface area contributed by atoms with Crippen molar-refractivity contribution in [2.24, 2.45) is 11.3 Å². The summed E-state index contributed by atoms with van der Waals surface area (Å²) in [7, 11) is 0. The monoisotopic (exact) mass is 265 g/mol. The van der Waals surface area contributed by atoms with E-state index >= 15 is 0 Å². The van der Waals surface area contributed by atoms with Crippen LogP contribution in [0.5, 0.6) is 0 Å². The zero-order valence-electron chi connectivity index (χ0n) is 12.2. The highest BCUT2D eigenvalue weighted by Crippen LogP contribution is 2.35. The van der Waals surface area contributed by atoms with Crippen LogP contribution in [0.2, 0.25) is 0 Å². The fourth-order valence-electron chi connectivity index (χ4n) is 4.01. The molecule has 3 aliphatic rings. The van der Waals surface area contributed by atoms with Gasteiger partial charge >= 0.3 is 0 Å². The minimum Gasteiger partial charge on any atom is -0.341 e. The molecule has 2 atom stereocenters. The molecular weight excluding hydrogens is 238 g/mol. The normalized spacial score (nSPS) is 36.3. The van der Waals surface area contributed by atoms with Crippen molar-refractivity contribution in [3.63, 3.8) is 0 Å². The van der Waals surface area contributed by atoms with Crippen molar-refractivity contribution in [1.82, 2.24) is 15.1 Å². The predicted molar refractivity (Wildman–Crippen MR) is 76.0 cm³/mol. The molecule has 0 aromatic carbocycles. The van der Waals surface area contributed by atoms with Crippen molar-refractivity contribution in [2.75, 3.05) is 45.8 Å². The fraction of sp³-hybridized carbons (Fsp3) is 0.933. The number of rotatable bonds is 2. The van der Waals surface area contributed by atoms with Crippen LogP contribution in [-0.4, -0.2) is 61.5 Å². The standard InChI is InChI=1S/C15H27N3O/c1-13-3-2-7-18(9-13)14(19)10-17-8-5-15(12-17)4-6-16-11-15/h13,16H,2-12H2,1H3. The number of hydrogen-bond acceptors (Lipinski definition) is 3. The van der Waals surface area contributed by atoms with Gasteiger partial charge < -0.3 is 10.2 Å². The summed E-state index contributed by atoms with van der Waals surface area (Å²) in [6.45, 7) is 9.39. The third-order valence-corrected chi connectivity index (χ3v) is 5.22. The second kappa shape index (κ2) is 5.41. The Kier molecular flexibility index (Phi) is 3.81. The molecule has 0 radical (unpaired) electrons. The number of amides is 1. The van der Waals surface area contributed by atoms with Crippen LogP contribution < -0.4 is 5.32 Å². The lowest BCUT2D eigenvalue weighted by Crippen LogP contribution is -2.44. The van der Waals surface area contributed by atoms with E-state index in [1.165, 1.54) is 25.7 Å². The number of nitrogens with one attached hydrogen (secondary N) is 1. The van der Waals surface area contributed by atoms with Gasteiger partial charge in [0, 0.05) is 26.2 Å². The minimum absolute atomic E-state index is 0.356. The highest BCUT2D eigenvalue weighted by Gasteiger charge is 2.40. The van der Waals surface area contributed by atoms with Gasteiger partial charge in [-0.15, -0.1) is 0 Å². The molecule has 3 fully saturated rings. The molecule has 0 aromatic rings. The largest absolute Gasteiger partial charge is 0.341 e. The first-order valence-corrected chi connectivity index (χ1v) is 7.88. The summed E-state index contributed by atoms with van der Waals surface area (Å²) in [6.07, 6.45) is 5.02. The second-order valence-electron chi connectivity index (χ2n) is 6.97. The number of carbonyl (C=O) groups excluding carboxylic acids is 1. The Bertz CT molecular complexity index is 338. The van der Waals surface area contributed by atoms with Crippen LogP contribution in [0, 0.1) is 11.3 Å². The molecule has 3 rings (SSSR count). The fourth-order valence-corrected chi connectivity index (χ4v) is 4.01. The molecule has 4 heteroatoms. The zero-order chi connectivity index (χ0) is 13.3. The maximum atomic E-state index is 12.4. The van der Waals surface area contributed by atoms with E-state index in [1.54, 1.807) is 0 Å². The third-order valence-electron chi connectivity index (χ3n) is 5.22. The average Bonchev–Trinajstić information content (AvgIpc) is 3.00. The quantitative estimate of drug-likeness (QED) is 0.807. The Labute approximate surface area is 116 Å². The van der Waals surface area contributed by atoms with E-state index < -0.39 is 0 Å². The van der Waals surface area contributed by atoms with Crippen molar-refractivity contribution in [3.05, 3.63) is 0 Å². The topological polar surface area (TPSA) is 35.6 Å². The molecule has 0 aliphatic carbocycles. The molecule has 4 nitrogen and oxygen atoms in total. The van der Waals surface area contributed by atoms with Crippen LogP contribution in [-0.2, 0) is 4.79 Å². The van der Waals surface area contributed by atoms with Crippen LogP contribution in [0.25, 0.3) is 0 Å². The van der Waals surface area contributed by atoms with Gasteiger partial charge in [-0.2, -0.15) is 0 Å². The van der Waals surface area contributed by atoms with Gasteiger partial charge in [0.15, 0.2) is 0 Å². The van der Waals surface area contributed by atoms with E-state index in [0.29, 0.717) is 23.8 Å². The van der Waals surface area contributed by atoms with E-state index in [-0.39, 0.29) is 0 Å². The van der Waals surface area contributed by atoms with Crippen LogP contribution in [0.1, 0.15) is 32.6 Å². The molecule has 108 valence electrons. The highest BCUT2D eigenvalue weighted by molar-refractivity contribution is 5.78. The van der Waals surface area contributed by atoms with Gasteiger partial charge in [0.05, 0.1) is 6.54 Å². The van der Waals surface area contributed by atoms with Crippen molar-refractivity contribution >= 4 is 5.91 Å². The first-order valence-electron chi connectivity index (χ1n) is 7.88. The van der Waals surface area contributed by atoms with E-state index in [0.717, 1.165) is 39.3 Å². The molecule has 1 N–H and O–H groups in total. The molecule has 1 spiro atoms. The van der Waals surface area contributed by atoms with Gasteiger partial charge in [0.25, 0.3) is 0 Å². The molecule has 3 heterocycles. The molecule has 1 amide bonds. The van der Waals surface area contributed by atoms with Gasteiger partial charge in [-0.3, -0.25) is 9.69 Å². The Morgan fingerprint density at radius 1 is 1.37 bits per heavy atom. The molecule has 0 aromatic heterocycles. The first kappa shape index (κ1) is 13.4. The molecule has 0 bridgehead atoms. The Hall–Kier alpha value is -0.610. The molecule has 0 saturated carbocycles. The average molecular weight is 265 g/mol. The van der Waals surface area contributed by atoms with E-state index in [9.17, 15) is 4.79 Å². The van der Waals surface area contributed by atoms with Crippen molar-refractivity contribution < 1.29 is 4.79 Å². The Morgan fingerprint density at radius 3 is 3.00 bits per heavy atom. The summed E-state index contributed by atoms with van der Waals surface area (Å²) in [6, 6.07) is 0. The lowest BCUT2D eigenvalue weighted by Gasteiger charge is -2.32. The number of piperidine rings is 1. The zero-order valence-corrected chi connectivity index (χ0v) is 12.2. The van der Waals surface area contributed by atoms with Crippen molar-refractivity contribution in [1.29, 1.82) is 0 Å². The summed E-state index contributed by atoms with van der Waals surface area (Å²) < 4.78 is 0. The number of hydrogen-bond donors (Lipinski definition) is 1. The van der Waals surface area contributed by atoms with Gasteiger partial charge in [-0.1, -0.05) is 6.92 Å². The lowest BCUT2D eigenvalue weighted by atomic mass is 9.87. The SMILES string of the molecule is CC1CCCN(C(=O)CN2CCC3(CCNC3)C2)C1. The summed E-state index contributed by atoms with van der Waals surface area (Å²) in [4.78, 5) is 16.8. The molecule has 19 heavy (non-hydrogen) atoms. The minimum atomic E-state index is 0.356. The number of nitrogens with zero attached hydrogens (tertiary/aromatic N) is 2. The summed E-state index contributed by atoms with van der Waals surface area (Å²) in [5.41, 5.74) is 0.482. The van der Waals surface area contributed by atoms with Crippen LogP contribution in [0.3, 0.4) is 0 Å². The van der Waals surface area contributed by atoms with Gasteiger partial charge in [0.1, 0.15) is 0 Å². The lowest BCUT2D eigenvalue weighted by molar-refractivity contribution is -0.133. The third kappa shape index (κ3) is 2.95. The van der Waals surface area contributed by atoms with Crippen LogP contribution >= 0.6 is 0 Å². The highest BCUT2D eigenvalue weighted by atomic mass is 16.2. The molecule has 2 unspecified atom stereocenters. The maximum absolute atomic E-state index is 12.4. The molecule has 3 aliphatic heterocycles. The van der Waals surface area contributed by atoms with E-state index in [2.05, 4.69) is 22.0 Å². The first-order chi connectivity index (χ1) is 9.17. The number of carbonyl (C=O) groups is 1. The molecule has 3 saturated heterocycles. The van der Waals surface area contributed by atoms with E-state index in [4.69, 9.17) is 0 Å². The van der Waals surface area contributed by atoms with Gasteiger partial charge in [-0.05, 0) is 50.1 Å². The van der Waals surface area contributed by atoms with Crippen molar-refractivity contribution in [2.45, 2.75) is 32.6 Å². The van der Waals surface area contributed by atoms with Crippen LogP contribution in [0.15, 0.2) is 0 Å². The van der Waals surface area contributed by atoms with Gasteiger partial charge in [-0.25, -0.2) is 0 Å². The molecular formula is C15H27N3O.